The van der Waals surface area contributed by atoms with E-state index >= 15 is 0 Å². The maximum atomic E-state index is 5.88. The van der Waals surface area contributed by atoms with Gasteiger partial charge in [0, 0.05) is 12.0 Å². The van der Waals surface area contributed by atoms with Crippen LogP contribution in [0, 0.1) is 11.8 Å². The summed E-state index contributed by atoms with van der Waals surface area (Å²) in [5.41, 5.74) is 0. The smallest absolute Gasteiger partial charge is 0.0597 e. The van der Waals surface area contributed by atoms with E-state index in [1.54, 1.807) is 0 Å². The molecule has 0 spiro atoms. The normalized spacial score (nSPS) is 40.1. The molecule has 1 saturated heterocycles. The van der Waals surface area contributed by atoms with Gasteiger partial charge in [0.05, 0.1) is 12.2 Å². The lowest BCUT2D eigenvalue weighted by molar-refractivity contribution is 0.0475. The van der Waals surface area contributed by atoms with Crippen molar-refractivity contribution in [3.63, 3.8) is 0 Å². The zero-order valence-corrected chi connectivity index (χ0v) is 10.2. The van der Waals surface area contributed by atoms with E-state index in [0.29, 0.717) is 30.1 Å². The van der Waals surface area contributed by atoms with Crippen LogP contribution in [-0.4, -0.2) is 24.8 Å². The van der Waals surface area contributed by atoms with E-state index in [9.17, 15) is 0 Å². The van der Waals surface area contributed by atoms with Gasteiger partial charge in [0.15, 0.2) is 0 Å². The standard InChI is InChI=1S/C12H25NO/c1-6-11(13-7-2)12-8(3)9(4)14-10(12)5/h8-13H,6-7H2,1-5H3. The van der Waals surface area contributed by atoms with E-state index in [1.807, 2.05) is 0 Å². The monoisotopic (exact) mass is 199 g/mol. The molecule has 1 aliphatic heterocycles. The molecule has 0 saturated carbocycles. The van der Waals surface area contributed by atoms with Crippen molar-refractivity contribution in [2.24, 2.45) is 11.8 Å². The Morgan fingerprint density at radius 2 is 1.79 bits per heavy atom. The highest BCUT2D eigenvalue weighted by Crippen LogP contribution is 2.35. The van der Waals surface area contributed by atoms with E-state index in [0.717, 1.165) is 6.54 Å². The highest BCUT2D eigenvalue weighted by atomic mass is 16.5. The molecule has 5 atom stereocenters. The quantitative estimate of drug-likeness (QED) is 0.751. The van der Waals surface area contributed by atoms with E-state index < -0.39 is 0 Å². The molecule has 84 valence electrons. The molecule has 0 bridgehead atoms. The highest BCUT2D eigenvalue weighted by molar-refractivity contribution is 4.90. The van der Waals surface area contributed by atoms with Crippen LogP contribution in [0.4, 0.5) is 0 Å². The molecule has 0 aliphatic carbocycles. The first-order chi connectivity index (χ1) is 6.61. The van der Waals surface area contributed by atoms with Crippen molar-refractivity contribution in [1.82, 2.24) is 5.32 Å². The molecule has 0 aromatic heterocycles. The summed E-state index contributed by atoms with van der Waals surface area (Å²) in [5.74, 6) is 1.35. The van der Waals surface area contributed by atoms with Gasteiger partial charge < -0.3 is 10.1 Å². The van der Waals surface area contributed by atoms with Gasteiger partial charge in [-0.3, -0.25) is 0 Å². The SMILES string of the molecule is CCNC(CC)C1C(C)OC(C)C1C. The number of hydrogen-bond donors (Lipinski definition) is 1. The Kier molecular flexibility index (Phi) is 4.39. The Morgan fingerprint density at radius 1 is 1.14 bits per heavy atom. The van der Waals surface area contributed by atoms with Crippen LogP contribution in [0.25, 0.3) is 0 Å². The average molecular weight is 199 g/mol. The maximum absolute atomic E-state index is 5.88. The first-order valence-corrected chi connectivity index (χ1v) is 6.00. The second kappa shape index (κ2) is 5.13. The van der Waals surface area contributed by atoms with Gasteiger partial charge >= 0.3 is 0 Å². The van der Waals surface area contributed by atoms with Gasteiger partial charge in [-0.2, -0.15) is 0 Å². The van der Waals surface area contributed by atoms with Crippen molar-refractivity contribution in [2.45, 2.75) is 59.3 Å². The van der Waals surface area contributed by atoms with E-state index in [2.05, 4.69) is 39.9 Å². The fraction of sp³-hybridized carbons (Fsp3) is 1.00. The number of nitrogens with one attached hydrogen (secondary N) is 1. The lowest BCUT2D eigenvalue weighted by Gasteiger charge is -2.28. The van der Waals surface area contributed by atoms with Crippen LogP contribution in [0.1, 0.15) is 41.0 Å². The first kappa shape index (κ1) is 12.0. The molecule has 0 aromatic rings. The molecular weight excluding hydrogens is 174 g/mol. The van der Waals surface area contributed by atoms with E-state index in [-0.39, 0.29) is 0 Å². The molecule has 2 heteroatoms. The van der Waals surface area contributed by atoms with Crippen LogP contribution in [0.3, 0.4) is 0 Å². The third kappa shape index (κ3) is 2.29. The predicted molar refractivity (Wildman–Crippen MR) is 60.4 cm³/mol. The van der Waals surface area contributed by atoms with Gasteiger partial charge in [-0.1, -0.05) is 20.8 Å². The van der Waals surface area contributed by atoms with Gasteiger partial charge in [-0.05, 0) is 32.7 Å². The molecule has 0 radical (unpaired) electrons. The summed E-state index contributed by atoms with van der Waals surface area (Å²) in [6.07, 6.45) is 2.02. The van der Waals surface area contributed by atoms with Crippen molar-refractivity contribution in [3.05, 3.63) is 0 Å². The van der Waals surface area contributed by atoms with Crippen LogP contribution < -0.4 is 5.32 Å². The summed E-state index contributed by atoms with van der Waals surface area (Å²) in [5, 5.41) is 3.58. The summed E-state index contributed by atoms with van der Waals surface area (Å²) in [6, 6.07) is 0.620. The molecule has 14 heavy (non-hydrogen) atoms. The molecule has 1 fully saturated rings. The van der Waals surface area contributed by atoms with Crippen molar-refractivity contribution in [3.8, 4) is 0 Å². The number of rotatable bonds is 4. The molecule has 5 unspecified atom stereocenters. The molecule has 0 amide bonds. The third-order valence-electron chi connectivity index (χ3n) is 3.69. The van der Waals surface area contributed by atoms with Gasteiger partial charge in [-0.25, -0.2) is 0 Å². The zero-order valence-electron chi connectivity index (χ0n) is 10.2. The summed E-state index contributed by atoms with van der Waals surface area (Å²) >= 11 is 0. The lowest BCUT2D eigenvalue weighted by Crippen LogP contribution is -2.41. The summed E-state index contributed by atoms with van der Waals surface area (Å²) < 4.78 is 5.88. The molecular formula is C12H25NO. The van der Waals surface area contributed by atoms with Gasteiger partial charge in [-0.15, -0.1) is 0 Å². The second-order valence-corrected chi connectivity index (χ2v) is 4.56. The fourth-order valence-electron chi connectivity index (χ4n) is 2.80. The van der Waals surface area contributed by atoms with Crippen LogP contribution in [0.15, 0.2) is 0 Å². The maximum Gasteiger partial charge on any atom is 0.0597 e. The molecule has 1 aliphatic rings. The number of ether oxygens (including phenoxy) is 1. The Bertz CT molecular complexity index is 172. The highest BCUT2D eigenvalue weighted by Gasteiger charge is 2.40. The fourth-order valence-corrected chi connectivity index (χ4v) is 2.80. The largest absolute Gasteiger partial charge is 0.375 e. The van der Waals surface area contributed by atoms with Crippen molar-refractivity contribution in [1.29, 1.82) is 0 Å². The molecule has 0 aromatic carbocycles. The molecule has 1 heterocycles. The topological polar surface area (TPSA) is 21.3 Å². The minimum Gasteiger partial charge on any atom is -0.375 e. The number of hydrogen-bond acceptors (Lipinski definition) is 2. The van der Waals surface area contributed by atoms with Gasteiger partial charge in [0.25, 0.3) is 0 Å². The minimum absolute atomic E-state index is 0.406. The van der Waals surface area contributed by atoms with E-state index in [1.165, 1.54) is 6.42 Å². The Balaban J connectivity index is 2.63. The van der Waals surface area contributed by atoms with Crippen LogP contribution in [0.5, 0.6) is 0 Å². The first-order valence-electron chi connectivity index (χ1n) is 6.00. The van der Waals surface area contributed by atoms with Gasteiger partial charge in [0.2, 0.25) is 0 Å². The summed E-state index contributed by atoms with van der Waals surface area (Å²) in [4.78, 5) is 0. The summed E-state index contributed by atoms with van der Waals surface area (Å²) in [7, 11) is 0. The Morgan fingerprint density at radius 3 is 2.14 bits per heavy atom. The van der Waals surface area contributed by atoms with E-state index in [4.69, 9.17) is 4.74 Å². The molecule has 1 N–H and O–H groups in total. The minimum atomic E-state index is 0.406. The Hall–Kier alpha value is -0.0800. The summed E-state index contributed by atoms with van der Waals surface area (Å²) in [6.45, 7) is 12.2. The van der Waals surface area contributed by atoms with Crippen LogP contribution >= 0.6 is 0 Å². The average Bonchev–Trinajstić information content (AvgIpc) is 2.39. The van der Waals surface area contributed by atoms with Crippen molar-refractivity contribution >= 4 is 0 Å². The van der Waals surface area contributed by atoms with Crippen molar-refractivity contribution in [2.75, 3.05) is 6.54 Å². The molecule has 1 rings (SSSR count). The van der Waals surface area contributed by atoms with Gasteiger partial charge in [0.1, 0.15) is 0 Å². The Labute approximate surface area is 88.4 Å². The van der Waals surface area contributed by atoms with Crippen molar-refractivity contribution < 1.29 is 4.74 Å². The second-order valence-electron chi connectivity index (χ2n) is 4.56. The molecule has 2 nitrogen and oxygen atoms in total. The predicted octanol–water partition coefficient (Wildman–Crippen LogP) is 2.43. The van der Waals surface area contributed by atoms with Crippen LogP contribution in [0.2, 0.25) is 0 Å². The van der Waals surface area contributed by atoms with Crippen LogP contribution in [-0.2, 0) is 4.74 Å². The third-order valence-corrected chi connectivity index (χ3v) is 3.69. The lowest BCUT2D eigenvalue weighted by atomic mass is 9.82. The zero-order chi connectivity index (χ0) is 10.7.